The van der Waals surface area contributed by atoms with E-state index in [4.69, 9.17) is 10.5 Å². The molecule has 2 N–H and O–H groups in total. The summed E-state index contributed by atoms with van der Waals surface area (Å²) in [4.78, 5) is 2.48. The van der Waals surface area contributed by atoms with Gasteiger partial charge in [-0.15, -0.1) is 0 Å². The average Bonchev–Trinajstić information content (AvgIpc) is 2.03. The van der Waals surface area contributed by atoms with Crippen molar-refractivity contribution in [1.82, 2.24) is 4.90 Å². The minimum absolute atomic E-state index is 0.390. The molecule has 0 unspecified atom stereocenters. The van der Waals surface area contributed by atoms with Crippen molar-refractivity contribution in [2.45, 2.75) is 38.9 Å². The van der Waals surface area contributed by atoms with Crippen LogP contribution < -0.4 is 5.73 Å². The fourth-order valence-corrected chi connectivity index (χ4v) is 1.95. The van der Waals surface area contributed by atoms with Crippen LogP contribution >= 0.6 is 0 Å². The first-order chi connectivity index (χ1) is 6.22. The van der Waals surface area contributed by atoms with Gasteiger partial charge in [0.15, 0.2) is 0 Å². The molecule has 0 aliphatic carbocycles. The molecule has 3 heteroatoms. The maximum atomic E-state index is 5.66. The van der Waals surface area contributed by atoms with E-state index in [1.54, 1.807) is 0 Å². The fourth-order valence-electron chi connectivity index (χ4n) is 1.95. The van der Waals surface area contributed by atoms with E-state index in [-0.39, 0.29) is 0 Å². The highest BCUT2D eigenvalue weighted by molar-refractivity contribution is 4.72. The molecule has 0 bridgehead atoms. The van der Waals surface area contributed by atoms with Crippen LogP contribution in [-0.4, -0.2) is 43.3 Å². The Kier molecular flexibility index (Phi) is 4.70. The van der Waals surface area contributed by atoms with Gasteiger partial charge in [0.05, 0.1) is 12.2 Å². The van der Waals surface area contributed by atoms with E-state index in [1.807, 2.05) is 0 Å². The normalized spacial score (nSPS) is 30.7. The second kappa shape index (κ2) is 5.58. The van der Waals surface area contributed by atoms with E-state index in [1.165, 1.54) is 13.0 Å². The maximum Gasteiger partial charge on any atom is 0.0678 e. The molecule has 2 atom stereocenters. The number of nitrogens with two attached hydrogens (primary N) is 1. The monoisotopic (exact) mass is 186 g/mol. The van der Waals surface area contributed by atoms with Crippen molar-refractivity contribution in [1.29, 1.82) is 0 Å². The van der Waals surface area contributed by atoms with Crippen LogP contribution in [0.15, 0.2) is 0 Å². The third kappa shape index (κ3) is 4.07. The van der Waals surface area contributed by atoms with E-state index >= 15 is 0 Å². The number of rotatable bonds is 4. The van der Waals surface area contributed by atoms with Crippen LogP contribution in [0, 0.1) is 0 Å². The van der Waals surface area contributed by atoms with Crippen LogP contribution in [0.1, 0.15) is 26.7 Å². The van der Waals surface area contributed by atoms with Crippen LogP contribution in [0.4, 0.5) is 0 Å². The third-order valence-electron chi connectivity index (χ3n) is 2.42. The predicted octanol–water partition coefficient (Wildman–Crippen LogP) is 0.834. The maximum absolute atomic E-state index is 5.66. The van der Waals surface area contributed by atoms with Crippen LogP contribution in [0.3, 0.4) is 0 Å². The van der Waals surface area contributed by atoms with Crippen molar-refractivity contribution in [2.24, 2.45) is 5.73 Å². The molecular formula is C10H22N2O. The quantitative estimate of drug-likeness (QED) is 0.661. The van der Waals surface area contributed by atoms with Gasteiger partial charge in [-0.2, -0.15) is 0 Å². The van der Waals surface area contributed by atoms with Crippen LogP contribution in [0.25, 0.3) is 0 Å². The van der Waals surface area contributed by atoms with E-state index in [0.29, 0.717) is 12.2 Å². The summed E-state index contributed by atoms with van der Waals surface area (Å²) < 4.78 is 5.66. The van der Waals surface area contributed by atoms with Crippen LogP contribution in [0.2, 0.25) is 0 Å². The molecule has 0 amide bonds. The summed E-state index contributed by atoms with van der Waals surface area (Å²) >= 11 is 0. The summed E-state index contributed by atoms with van der Waals surface area (Å²) in [5, 5.41) is 0. The lowest BCUT2D eigenvalue weighted by molar-refractivity contribution is -0.0681. The molecule has 78 valence electrons. The summed E-state index contributed by atoms with van der Waals surface area (Å²) in [6, 6.07) is 0. The number of hydrogen-bond acceptors (Lipinski definition) is 3. The minimum atomic E-state index is 0.390. The topological polar surface area (TPSA) is 38.5 Å². The summed E-state index contributed by atoms with van der Waals surface area (Å²) in [7, 11) is 0. The number of hydrogen-bond donors (Lipinski definition) is 1. The van der Waals surface area contributed by atoms with Gasteiger partial charge in [-0.25, -0.2) is 0 Å². The van der Waals surface area contributed by atoms with Gasteiger partial charge >= 0.3 is 0 Å². The summed E-state index contributed by atoms with van der Waals surface area (Å²) in [5.74, 6) is 0. The first kappa shape index (κ1) is 11.0. The number of ether oxygens (including phenoxy) is 1. The minimum Gasteiger partial charge on any atom is -0.373 e. The molecule has 1 rings (SSSR count). The van der Waals surface area contributed by atoms with Gasteiger partial charge in [-0.1, -0.05) is 0 Å². The molecule has 0 aromatic carbocycles. The Balaban J connectivity index is 2.17. The van der Waals surface area contributed by atoms with Gasteiger partial charge in [-0.05, 0) is 39.8 Å². The van der Waals surface area contributed by atoms with Gasteiger partial charge in [0.1, 0.15) is 0 Å². The standard InChI is InChI=1S/C10H22N2O/c1-9-7-12(6-4-3-5-11)8-10(2)13-9/h9-10H,3-8,11H2,1-2H3/t9-,10-/m1/s1. The Morgan fingerprint density at radius 3 is 2.38 bits per heavy atom. The molecular weight excluding hydrogens is 164 g/mol. The third-order valence-corrected chi connectivity index (χ3v) is 2.42. The van der Waals surface area contributed by atoms with E-state index in [9.17, 15) is 0 Å². The van der Waals surface area contributed by atoms with E-state index in [2.05, 4.69) is 18.7 Å². The van der Waals surface area contributed by atoms with Crippen molar-refractivity contribution >= 4 is 0 Å². The van der Waals surface area contributed by atoms with Gasteiger partial charge in [0.2, 0.25) is 0 Å². The summed E-state index contributed by atoms with van der Waals surface area (Å²) in [6.07, 6.45) is 3.14. The van der Waals surface area contributed by atoms with Crippen molar-refractivity contribution in [3.63, 3.8) is 0 Å². The molecule has 1 heterocycles. The van der Waals surface area contributed by atoms with Crippen LogP contribution in [-0.2, 0) is 4.74 Å². The number of morpholine rings is 1. The van der Waals surface area contributed by atoms with Crippen molar-refractivity contribution in [3.05, 3.63) is 0 Å². The predicted molar refractivity (Wildman–Crippen MR) is 54.7 cm³/mol. The molecule has 0 aromatic rings. The smallest absolute Gasteiger partial charge is 0.0678 e. The Labute approximate surface area is 81.2 Å². The van der Waals surface area contributed by atoms with Crippen LogP contribution in [0.5, 0.6) is 0 Å². The molecule has 3 nitrogen and oxygen atoms in total. The molecule has 0 saturated carbocycles. The first-order valence-corrected chi connectivity index (χ1v) is 5.30. The lowest BCUT2D eigenvalue weighted by Crippen LogP contribution is -2.45. The van der Waals surface area contributed by atoms with Crippen molar-refractivity contribution in [3.8, 4) is 0 Å². The molecule has 1 aliphatic heterocycles. The molecule has 13 heavy (non-hydrogen) atoms. The second-order valence-corrected chi connectivity index (χ2v) is 4.01. The molecule has 0 radical (unpaired) electrons. The van der Waals surface area contributed by atoms with Gasteiger partial charge in [-0.3, -0.25) is 4.90 Å². The molecule has 0 aromatic heterocycles. The van der Waals surface area contributed by atoms with Crippen molar-refractivity contribution in [2.75, 3.05) is 26.2 Å². The largest absolute Gasteiger partial charge is 0.373 e. The average molecular weight is 186 g/mol. The number of unbranched alkanes of at least 4 members (excludes halogenated alkanes) is 1. The van der Waals surface area contributed by atoms with E-state index < -0.39 is 0 Å². The Morgan fingerprint density at radius 1 is 1.23 bits per heavy atom. The highest BCUT2D eigenvalue weighted by atomic mass is 16.5. The zero-order chi connectivity index (χ0) is 9.68. The lowest BCUT2D eigenvalue weighted by Gasteiger charge is -2.35. The fraction of sp³-hybridized carbons (Fsp3) is 1.00. The molecule has 1 fully saturated rings. The van der Waals surface area contributed by atoms with Crippen molar-refractivity contribution < 1.29 is 4.74 Å². The lowest BCUT2D eigenvalue weighted by atomic mass is 10.2. The highest BCUT2D eigenvalue weighted by Gasteiger charge is 2.21. The second-order valence-electron chi connectivity index (χ2n) is 4.01. The van der Waals surface area contributed by atoms with Gasteiger partial charge in [0.25, 0.3) is 0 Å². The summed E-state index contributed by atoms with van der Waals surface area (Å²) in [5.41, 5.74) is 5.46. The SMILES string of the molecule is C[C@@H]1CN(CCCCN)C[C@@H](C)O1. The number of nitrogens with zero attached hydrogens (tertiary/aromatic N) is 1. The molecule has 1 saturated heterocycles. The Bertz CT molecular complexity index is 131. The molecule has 0 spiro atoms. The Hall–Kier alpha value is -0.120. The first-order valence-electron chi connectivity index (χ1n) is 5.30. The zero-order valence-electron chi connectivity index (χ0n) is 8.83. The van der Waals surface area contributed by atoms with Gasteiger partial charge in [0, 0.05) is 13.1 Å². The Morgan fingerprint density at radius 2 is 1.85 bits per heavy atom. The molecule has 1 aliphatic rings. The van der Waals surface area contributed by atoms with E-state index in [0.717, 1.165) is 26.1 Å². The van der Waals surface area contributed by atoms with Gasteiger partial charge < -0.3 is 10.5 Å². The highest BCUT2D eigenvalue weighted by Crippen LogP contribution is 2.10. The summed E-state index contributed by atoms with van der Waals surface area (Å²) in [6.45, 7) is 8.44. The zero-order valence-corrected chi connectivity index (χ0v) is 8.83.